The summed E-state index contributed by atoms with van der Waals surface area (Å²) in [6.45, 7) is 7.70. The molecule has 108 valence electrons. The van der Waals surface area contributed by atoms with Gasteiger partial charge in [0.15, 0.2) is 0 Å². The van der Waals surface area contributed by atoms with E-state index in [0.717, 1.165) is 18.7 Å². The minimum absolute atomic E-state index is 0.145. The minimum atomic E-state index is -3.26. The summed E-state index contributed by atoms with van der Waals surface area (Å²) in [7, 11) is -3.26. The van der Waals surface area contributed by atoms with Crippen LogP contribution >= 0.6 is 0 Å². The summed E-state index contributed by atoms with van der Waals surface area (Å²) in [6, 6.07) is 7.55. The Morgan fingerprint density at radius 2 is 1.89 bits per heavy atom. The van der Waals surface area contributed by atoms with E-state index in [-0.39, 0.29) is 5.75 Å². The largest absolute Gasteiger partial charge is 0.317 e. The first-order chi connectivity index (χ1) is 8.96. The average Bonchev–Trinajstić information content (AvgIpc) is 2.34. The molecule has 0 atom stereocenters. The fourth-order valence-electron chi connectivity index (χ4n) is 1.88. The van der Waals surface area contributed by atoms with Gasteiger partial charge >= 0.3 is 0 Å². The first-order valence-electron chi connectivity index (χ1n) is 6.76. The van der Waals surface area contributed by atoms with Crippen molar-refractivity contribution in [2.24, 2.45) is 0 Å². The van der Waals surface area contributed by atoms with Gasteiger partial charge in [-0.15, -0.1) is 0 Å². The molecule has 0 radical (unpaired) electrons. The van der Waals surface area contributed by atoms with E-state index in [9.17, 15) is 8.42 Å². The Bertz CT molecular complexity index is 484. The summed E-state index contributed by atoms with van der Waals surface area (Å²) in [4.78, 5) is 0. The molecule has 0 aromatic heterocycles. The van der Waals surface area contributed by atoms with Crippen LogP contribution in [-0.2, 0) is 10.0 Å². The molecule has 1 aromatic rings. The molecule has 5 heteroatoms. The molecular formula is C14H24N2O2S. The van der Waals surface area contributed by atoms with E-state index in [4.69, 9.17) is 0 Å². The Morgan fingerprint density at radius 3 is 2.53 bits per heavy atom. The van der Waals surface area contributed by atoms with Crippen molar-refractivity contribution in [1.82, 2.24) is 5.32 Å². The molecule has 1 aromatic carbocycles. The molecule has 0 amide bonds. The van der Waals surface area contributed by atoms with Crippen molar-refractivity contribution < 1.29 is 8.42 Å². The lowest BCUT2D eigenvalue weighted by molar-refractivity contribution is 0.595. The van der Waals surface area contributed by atoms with Crippen LogP contribution in [0.4, 0.5) is 5.69 Å². The van der Waals surface area contributed by atoms with E-state index in [2.05, 4.69) is 23.9 Å². The van der Waals surface area contributed by atoms with Crippen LogP contribution in [0.5, 0.6) is 0 Å². The summed E-state index contributed by atoms with van der Waals surface area (Å²) in [5, 5.41) is 3.12. The Labute approximate surface area is 116 Å². The Kier molecular flexibility index (Phi) is 6.31. The predicted molar refractivity (Wildman–Crippen MR) is 81.1 cm³/mol. The number of anilines is 1. The van der Waals surface area contributed by atoms with E-state index < -0.39 is 10.0 Å². The fraction of sp³-hybridized carbons (Fsp3) is 0.571. The summed E-state index contributed by atoms with van der Waals surface area (Å²) < 4.78 is 26.7. The van der Waals surface area contributed by atoms with Gasteiger partial charge < -0.3 is 5.32 Å². The average molecular weight is 284 g/mol. The van der Waals surface area contributed by atoms with Crippen molar-refractivity contribution in [2.45, 2.75) is 33.1 Å². The summed E-state index contributed by atoms with van der Waals surface area (Å²) in [6.07, 6.45) is 0.618. The second kappa shape index (κ2) is 7.50. The van der Waals surface area contributed by atoms with Gasteiger partial charge in [0.05, 0.1) is 11.4 Å². The third kappa shape index (κ3) is 5.61. The number of rotatable bonds is 8. The van der Waals surface area contributed by atoms with Gasteiger partial charge in [0, 0.05) is 0 Å². The van der Waals surface area contributed by atoms with Gasteiger partial charge in [0.2, 0.25) is 10.0 Å². The number of hydrogen-bond donors (Lipinski definition) is 2. The molecule has 2 N–H and O–H groups in total. The Balaban J connectivity index is 2.68. The van der Waals surface area contributed by atoms with Gasteiger partial charge in [-0.1, -0.05) is 39.0 Å². The highest BCUT2D eigenvalue weighted by Crippen LogP contribution is 2.24. The molecule has 1 rings (SSSR count). The van der Waals surface area contributed by atoms with Crippen molar-refractivity contribution in [3.63, 3.8) is 0 Å². The lowest BCUT2D eigenvalue weighted by atomic mass is 10.0. The molecule has 0 unspecified atom stereocenters. The van der Waals surface area contributed by atoms with Crippen LogP contribution in [0.3, 0.4) is 0 Å². The van der Waals surface area contributed by atoms with Gasteiger partial charge in [-0.25, -0.2) is 8.42 Å². The number of sulfonamides is 1. The number of para-hydroxylation sites is 1. The van der Waals surface area contributed by atoms with Crippen molar-refractivity contribution in [1.29, 1.82) is 0 Å². The highest BCUT2D eigenvalue weighted by molar-refractivity contribution is 7.92. The molecule has 0 aliphatic rings. The van der Waals surface area contributed by atoms with Crippen LogP contribution in [0.25, 0.3) is 0 Å². The van der Waals surface area contributed by atoms with Gasteiger partial charge in [0.25, 0.3) is 0 Å². The standard InChI is InChI=1S/C14H24N2O2S/c1-4-15-10-7-11-19(17,18)16-14-9-6-5-8-13(14)12(2)3/h5-6,8-9,12,15-16H,4,7,10-11H2,1-3H3. The van der Waals surface area contributed by atoms with Crippen molar-refractivity contribution in [3.8, 4) is 0 Å². The zero-order chi connectivity index (χ0) is 14.3. The van der Waals surface area contributed by atoms with E-state index in [1.807, 2.05) is 31.2 Å². The van der Waals surface area contributed by atoms with E-state index >= 15 is 0 Å². The van der Waals surface area contributed by atoms with Gasteiger partial charge in [0.1, 0.15) is 0 Å². The van der Waals surface area contributed by atoms with Crippen LogP contribution < -0.4 is 10.0 Å². The lowest BCUT2D eigenvalue weighted by Gasteiger charge is -2.14. The zero-order valence-electron chi connectivity index (χ0n) is 11.9. The number of benzene rings is 1. The first kappa shape index (κ1) is 16.0. The number of nitrogens with one attached hydrogen (secondary N) is 2. The van der Waals surface area contributed by atoms with Crippen LogP contribution in [0.1, 0.15) is 38.7 Å². The lowest BCUT2D eigenvalue weighted by Crippen LogP contribution is -2.22. The quantitative estimate of drug-likeness (QED) is 0.721. The molecule has 0 saturated heterocycles. The first-order valence-corrected chi connectivity index (χ1v) is 8.41. The highest BCUT2D eigenvalue weighted by atomic mass is 32.2. The maximum Gasteiger partial charge on any atom is 0.232 e. The molecule has 0 bridgehead atoms. The predicted octanol–water partition coefficient (Wildman–Crippen LogP) is 2.55. The van der Waals surface area contributed by atoms with Gasteiger partial charge in [-0.05, 0) is 37.1 Å². The smallest absolute Gasteiger partial charge is 0.232 e. The van der Waals surface area contributed by atoms with Gasteiger partial charge in [-0.2, -0.15) is 0 Å². The third-order valence-corrected chi connectivity index (χ3v) is 4.22. The highest BCUT2D eigenvalue weighted by Gasteiger charge is 2.13. The van der Waals surface area contributed by atoms with E-state index in [1.54, 1.807) is 0 Å². The molecule has 0 spiro atoms. The Morgan fingerprint density at radius 1 is 1.21 bits per heavy atom. The summed E-state index contributed by atoms with van der Waals surface area (Å²) in [5.74, 6) is 0.438. The van der Waals surface area contributed by atoms with Crippen molar-refractivity contribution in [3.05, 3.63) is 29.8 Å². The molecule has 4 nitrogen and oxygen atoms in total. The molecular weight excluding hydrogens is 260 g/mol. The molecule has 0 aliphatic carbocycles. The zero-order valence-corrected chi connectivity index (χ0v) is 12.8. The monoisotopic (exact) mass is 284 g/mol. The van der Waals surface area contributed by atoms with Gasteiger partial charge in [-0.3, -0.25) is 4.72 Å². The summed E-state index contributed by atoms with van der Waals surface area (Å²) in [5.41, 5.74) is 1.72. The maximum atomic E-state index is 12.0. The van der Waals surface area contributed by atoms with E-state index in [1.165, 1.54) is 0 Å². The molecule has 0 fully saturated rings. The normalized spacial score (nSPS) is 11.8. The van der Waals surface area contributed by atoms with Crippen LogP contribution in [0, 0.1) is 0 Å². The van der Waals surface area contributed by atoms with Crippen molar-refractivity contribution in [2.75, 3.05) is 23.6 Å². The molecule has 0 heterocycles. The van der Waals surface area contributed by atoms with E-state index in [0.29, 0.717) is 18.0 Å². The number of hydrogen-bond acceptors (Lipinski definition) is 3. The van der Waals surface area contributed by atoms with Crippen molar-refractivity contribution >= 4 is 15.7 Å². The van der Waals surface area contributed by atoms with Crippen LogP contribution in [0.15, 0.2) is 24.3 Å². The molecule has 0 aliphatic heterocycles. The van der Waals surface area contributed by atoms with Crippen LogP contribution in [-0.4, -0.2) is 27.3 Å². The minimum Gasteiger partial charge on any atom is -0.317 e. The Hall–Kier alpha value is -1.07. The summed E-state index contributed by atoms with van der Waals surface area (Å²) >= 11 is 0. The maximum absolute atomic E-state index is 12.0. The molecule has 0 saturated carbocycles. The third-order valence-electron chi connectivity index (χ3n) is 2.86. The topological polar surface area (TPSA) is 58.2 Å². The van der Waals surface area contributed by atoms with Crippen LogP contribution in [0.2, 0.25) is 0 Å². The fourth-order valence-corrected chi connectivity index (χ4v) is 3.02. The SMILES string of the molecule is CCNCCCS(=O)(=O)Nc1ccccc1C(C)C. The second-order valence-corrected chi connectivity index (χ2v) is 6.71. The molecule has 19 heavy (non-hydrogen) atoms. The second-order valence-electron chi connectivity index (χ2n) is 4.87.